The van der Waals surface area contributed by atoms with Crippen molar-refractivity contribution in [3.8, 4) is 0 Å². The highest BCUT2D eigenvalue weighted by Crippen LogP contribution is 2.59. The summed E-state index contributed by atoms with van der Waals surface area (Å²) in [5.41, 5.74) is 1.36. The molecular formula is C16H22N2O. The molecule has 102 valence electrons. The van der Waals surface area contributed by atoms with Crippen molar-refractivity contribution in [2.45, 2.75) is 26.2 Å². The van der Waals surface area contributed by atoms with E-state index in [1.807, 2.05) is 35.2 Å². The number of hydrogen-bond donors (Lipinski definition) is 1. The summed E-state index contributed by atoms with van der Waals surface area (Å²) in [5, 5.41) is 3.39. The van der Waals surface area contributed by atoms with E-state index in [2.05, 4.69) is 12.2 Å². The van der Waals surface area contributed by atoms with Crippen molar-refractivity contribution < 1.29 is 4.79 Å². The standard InChI is InChI=1S/C16H22N2O/c1-2-18(13-6-4-3-5-7-13)15(19)14-12-16(14)8-10-17-11-9-16/h3-7,14,17H,2,8-12H2,1H3. The van der Waals surface area contributed by atoms with Crippen LogP contribution in [0.3, 0.4) is 0 Å². The Morgan fingerprint density at radius 1 is 1.32 bits per heavy atom. The van der Waals surface area contributed by atoms with Crippen LogP contribution >= 0.6 is 0 Å². The van der Waals surface area contributed by atoms with Crippen LogP contribution in [-0.4, -0.2) is 25.5 Å². The third-order valence-electron chi connectivity index (χ3n) is 4.74. The minimum atomic E-state index is 0.259. The number of piperidine rings is 1. The Balaban J connectivity index is 1.73. The molecule has 19 heavy (non-hydrogen) atoms. The van der Waals surface area contributed by atoms with Crippen molar-refractivity contribution in [2.75, 3.05) is 24.5 Å². The number of para-hydroxylation sites is 1. The third kappa shape index (κ3) is 2.27. The van der Waals surface area contributed by atoms with E-state index in [1.54, 1.807) is 0 Å². The van der Waals surface area contributed by atoms with Crippen LogP contribution in [-0.2, 0) is 4.79 Å². The van der Waals surface area contributed by atoms with Gasteiger partial charge in [-0.15, -0.1) is 0 Å². The van der Waals surface area contributed by atoms with E-state index in [4.69, 9.17) is 0 Å². The van der Waals surface area contributed by atoms with Crippen LogP contribution < -0.4 is 10.2 Å². The molecule has 1 aromatic rings. The van der Waals surface area contributed by atoms with E-state index in [1.165, 1.54) is 0 Å². The first-order valence-electron chi connectivity index (χ1n) is 7.34. The fourth-order valence-electron chi connectivity index (χ4n) is 3.44. The minimum Gasteiger partial charge on any atom is -0.317 e. The Labute approximate surface area is 115 Å². The number of benzene rings is 1. The summed E-state index contributed by atoms with van der Waals surface area (Å²) in [6.07, 6.45) is 3.42. The van der Waals surface area contributed by atoms with Gasteiger partial charge in [-0.3, -0.25) is 4.79 Å². The molecule has 1 aliphatic carbocycles. The zero-order chi connectivity index (χ0) is 13.3. The number of nitrogens with one attached hydrogen (secondary N) is 1. The Bertz CT molecular complexity index is 451. The molecule has 3 nitrogen and oxygen atoms in total. The van der Waals surface area contributed by atoms with Gasteiger partial charge in [-0.1, -0.05) is 18.2 Å². The molecule has 1 unspecified atom stereocenters. The molecule has 3 heteroatoms. The summed E-state index contributed by atoms with van der Waals surface area (Å²) in [7, 11) is 0. The van der Waals surface area contributed by atoms with Gasteiger partial charge in [-0.2, -0.15) is 0 Å². The van der Waals surface area contributed by atoms with Gasteiger partial charge >= 0.3 is 0 Å². The lowest BCUT2D eigenvalue weighted by Crippen LogP contribution is -2.36. The van der Waals surface area contributed by atoms with Gasteiger partial charge in [0.1, 0.15) is 0 Å². The minimum absolute atomic E-state index is 0.259. The molecule has 1 saturated heterocycles. The molecule has 1 N–H and O–H groups in total. The summed E-state index contributed by atoms with van der Waals surface area (Å²) in [4.78, 5) is 14.7. The number of nitrogens with zero attached hydrogens (tertiary/aromatic N) is 1. The Kier molecular flexibility index (Phi) is 3.31. The zero-order valence-electron chi connectivity index (χ0n) is 11.6. The van der Waals surface area contributed by atoms with Crippen molar-refractivity contribution in [2.24, 2.45) is 11.3 Å². The van der Waals surface area contributed by atoms with Gasteiger partial charge in [0.25, 0.3) is 0 Å². The molecule has 2 aliphatic rings. The molecular weight excluding hydrogens is 236 g/mol. The number of rotatable bonds is 3. The number of carbonyl (C=O) groups is 1. The Morgan fingerprint density at radius 3 is 2.63 bits per heavy atom. The topological polar surface area (TPSA) is 32.3 Å². The highest BCUT2D eigenvalue weighted by atomic mass is 16.2. The van der Waals surface area contributed by atoms with E-state index >= 15 is 0 Å². The molecule has 1 aliphatic heterocycles. The first kappa shape index (κ1) is 12.7. The monoisotopic (exact) mass is 258 g/mol. The van der Waals surface area contributed by atoms with Gasteiger partial charge in [0.05, 0.1) is 0 Å². The zero-order valence-corrected chi connectivity index (χ0v) is 11.6. The lowest BCUT2D eigenvalue weighted by molar-refractivity contribution is -0.120. The maximum atomic E-state index is 12.7. The van der Waals surface area contributed by atoms with Crippen molar-refractivity contribution in [1.82, 2.24) is 5.32 Å². The largest absolute Gasteiger partial charge is 0.317 e. The van der Waals surface area contributed by atoms with Gasteiger partial charge in [-0.05, 0) is 56.8 Å². The number of amides is 1. The van der Waals surface area contributed by atoms with Crippen molar-refractivity contribution >= 4 is 11.6 Å². The average Bonchev–Trinajstić information content (AvgIpc) is 3.15. The predicted octanol–water partition coefficient (Wildman–Crippen LogP) is 2.43. The van der Waals surface area contributed by atoms with E-state index in [0.717, 1.165) is 44.6 Å². The molecule has 1 saturated carbocycles. The van der Waals surface area contributed by atoms with Gasteiger partial charge < -0.3 is 10.2 Å². The second-order valence-electron chi connectivity index (χ2n) is 5.79. The van der Waals surface area contributed by atoms with Crippen LogP contribution in [0.2, 0.25) is 0 Å². The summed E-state index contributed by atoms with van der Waals surface area (Å²) in [6, 6.07) is 10.0. The smallest absolute Gasteiger partial charge is 0.230 e. The normalized spacial score (nSPS) is 24.2. The fraction of sp³-hybridized carbons (Fsp3) is 0.562. The summed E-state index contributed by atoms with van der Waals surface area (Å²) < 4.78 is 0. The lowest BCUT2D eigenvalue weighted by atomic mass is 9.91. The van der Waals surface area contributed by atoms with Gasteiger partial charge in [0, 0.05) is 18.2 Å². The molecule has 1 heterocycles. The Hall–Kier alpha value is -1.35. The van der Waals surface area contributed by atoms with E-state index < -0.39 is 0 Å². The molecule has 1 atom stereocenters. The van der Waals surface area contributed by atoms with Gasteiger partial charge in [-0.25, -0.2) is 0 Å². The van der Waals surface area contributed by atoms with Crippen molar-refractivity contribution in [1.29, 1.82) is 0 Å². The van der Waals surface area contributed by atoms with Crippen LogP contribution in [0, 0.1) is 11.3 Å². The summed E-state index contributed by atoms with van der Waals surface area (Å²) in [6.45, 7) is 4.96. The van der Waals surface area contributed by atoms with Crippen LogP contribution in [0.15, 0.2) is 30.3 Å². The maximum Gasteiger partial charge on any atom is 0.230 e. The fourth-order valence-corrected chi connectivity index (χ4v) is 3.44. The first-order valence-corrected chi connectivity index (χ1v) is 7.34. The van der Waals surface area contributed by atoms with Crippen LogP contribution in [0.1, 0.15) is 26.2 Å². The quantitative estimate of drug-likeness (QED) is 0.903. The van der Waals surface area contributed by atoms with Crippen LogP contribution in [0.25, 0.3) is 0 Å². The second-order valence-corrected chi connectivity index (χ2v) is 5.79. The second kappa shape index (κ2) is 4.97. The summed E-state index contributed by atoms with van der Waals surface area (Å²) in [5.74, 6) is 0.588. The molecule has 3 rings (SSSR count). The molecule has 1 spiro atoms. The van der Waals surface area contributed by atoms with Crippen molar-refractivity contribution in [3.05, 3.63) is 30.3 Å². The average molecular weight is 258 g/mol. The van der Waals surface area contributed by atoms with Gasteiger partial charge in [0.2, 0.25) is 5.91 Å². The molecule has 0 bridgehead atoms. The highest BCUT2D eigenvalue weighted by Gasteiger charge is 2.58. The number of hydrogen-bond acceptors (Lipinski definition) is 2. The SMILES string of the molecule is CCN(C(=O)C1CC12CCNCC2)c1ccccc1. The Morgan fingerprint density at radius 2 is 2.00 bits per heavy atom. The maximum absolute atomic E-state index is 12.7. The molecule has 2 fully saturated rings. The number of anilines is 1. The predicted molar refractivity (Wildman–Crippen MR) is 77.1 cm³/mol. The molecule has 1 amide bonds. The third-order valence-corrected chi connectivity index (χ3v) is 4.74. The number of carbonyl (C=O) groups excluding carboxylic acids is 1. The van der Waals surface area contributed by atoms with E-state index in [-0.39, 0.29) is 5.92 Å². The molecule has 0 aromatic heterocycles. The molecule has 0 radical (unpaired) electrons. The first-order chi connectivity index (χ1) is 9.27. The molecule has 1 aromatic carbocycles. The van der Waals surface area contributed by atoms with E-state index in [9.17, 15) is 4.79 Å². The van der Waals surface area contributed by atoms with Crippen molar-refractivity contribution in [3.63, 3.8) is 0 Å². The van der Waals surface area contributed by atoms with Gasteiger partial charge in [0.15, 0.2) is 0 Å². The highest BCUT2D eigenvalue weighted by molar-refractivity contribution is 5.97. The summed E-state index contributed by atoms with van der Waals surface area (Å²) >= 11 is 0. The van der Waals surface area contributed by atoms with Crippen LogP contribution in [0.5, 0.6) is 0 Å². The lowest BCUT2D eigenvalue weighted by Gasteiger charge is -2.26. The van der Waals surface area contributed by atoms with Crippen LogP contribution in [0.4, 0.5) is 5.69 Å². The van der Waals surface area contributed by atoms with E-state index in [0.29, 0.717) is 11.3 Å².